The number of hydrogen-bond donors (Lipinski definition) is 1. The molecule has 0 saturated carbocycles. The predicted octanol–water partition coefficient (Wildman–Crippen LogP) is 6.31. The Morgan fingerprint density at radius 1 is 1.17 bits per heavy atom. The maximum absolute atomic E-state index is 15.4. The molecule has 1 saturated heterocycles. The van der Waals surface area contributed by atoms with Gasteiger partial charge in [0.2, 0.25) is 5.82 Å². The molecule has 0 radical (unpaired) electrons. The molecule has 0 aliphatic carbocycles. The normalized spacial score (nSPS) is 22.7. The van der Waals surface area contributed by atoms with Gasteiger partial charge in [0.15, 0.2) is 4.77 Å². The van der Waals surface area contributed by atoms with Crippen LogP contribution >= 0.6 is 20.8 Å². The van der Waals surface area contributed by atoms with E-state index in [-0.39, 0.29) is 40.7 Å². The van der Waals surface area contributed by atoms with E-state index in [4.69, 9.17) is 30.5 Å². The highest BCUT2D eigenvalue weighted by Gasteiger charge is 2.36. The third kappa shape index (κ3) is 5.52. The van der Waals surface area contributed by atoms with Gasteiger partial charge in [-0.05, 0) is 47.5 Å². The van der Waals surface area contributed by atoms with Gasteiger partial charge in [0.05, 0.1) is 31.1 Å². The Bertz CT molecular complexity index is 1230. The molecule has 3 heterocycles. The molecule has 1 aromatic heterocycles. The van der Waals surface area contributed by atoms with Gasteiger partial charge in [-0.25, -0.2) is 4.39 Å². The molecule has 2 aromatic rings. The Balaban J connectivity index is 1.46. The maximum Gasteiger partial charge on any atom is 0.397 e. The van der Waals surface area contributed by atoms with Crippen molar-refractivity contribution in [1.29, 1.82) is 0 Å². The lowest BCUT2D eigenvalue weighted by molar-refractivity contribution is -0.0225. The van der Waals surface area contributed by atoms with Crippen LogP contribution in [0.1, 0.15) is 77.3 Å². The van der Waals surface area contributed by atoms with E-state index in [9.17, 15) is 9.18 Å². The first kappa shape index (κ1) is 26.4. The third-order valence-corrected chi connectivity index (χ3v) is 7.43. The number of halogens is 2. The minimum atomic E-state index is -1.75. The number of aromatic nitrogens is 2. The molecule has 1 N–H and O–H groups in total. The highest BCUT2D eigenvalue weighted by molar-refractivity contribution is 7.71. The van der Waals surface area contributed by atoms with Gasteiger partial charge in [-0.2, -0.15) is 4.39 Å². The molecule has 2 aliphatic heterocycles. The molecule has 4 rings (SSSR count). The average Bonchev–Trinajstić information content (AvgIpc) is 3.22. The van der Waals surface area contributed by atoms with Gasteiger partial charge in [0, 0.05) is 5.56 Å². The van der Waals surface area contributed by atoms with Crippen molar-refractivity contribution in [3.8, 4) is 5.75 Å². The van der Waals surface area contributed by atoms with E-state index in [1.165, 1.54) is 4.57 Å². The van der Waals surface area contributed by atoms with Crippen LogP contribution in [0.3, 0.4) is 0 Å². The number of nitrogens with zero attached hydrogens (tertiary/aromatic N) is 1. The first-order valence-corrected chi connectivity index (χ1v) is 13.0. The van der Waals surface area contributed by atoms with Crippen LogP contribution in [0.15, 0.2) is 17.1 Å². The van der Waals surface area contributed by atoms with Crippen LogP contribution in [0.4, 0.5) is 8.78 Å². The van der Waals surface area contributed by atoms with E-state index >= 15 is 4.39 Å². The first-order valence-electron chi connectivity index (χ1n) is 11.5. The van der Waals surface area contributed by atoms with Crippen molar-refractivity contribution in [3.63, 3.8) is 0 Å². The molecular formula is C24H31F2N2O5PS. The largest absolute Gasteiger partial charge is 0.426 e. The molecule has 0 bridgehead atoms. The molecule has 1 fully saturated rings. The van der Waals surface area contributed by atoms with E-state index in [1.54, 1.807) is 0 Å². The average molecular weight is 529 g/mol. The Hall–Kier alpha value is -1.71. The lowest BCUT2D eigenvalue weighted by Gasteiger charge is -2.33. The van der Waals surface area contributed by atoms with Gasteiger partial charge >= 0.3 is 8.60 Å². The Morgan fingerprint density at radius 2 is 1.86 bits per heavy atom. The third-order valence-electron chi connectivity index (χ3n) is 6.09. The maximum atomic E-state index is 15.4. The van der Waals surface area contributed by atoms with Crippen LogP contribution < -0.4 is 10.1 Å². The highest BCUT2D eigenvalue weighted by Crippen LogP contribution is 2.52. The molecule has 1 aromatic carbocycles. The van der Waals surface area contributed by atoms with E-state index in [2.05, 4.69) is 25.8 Å². The zero-order valence-electron chi connectivity index (χ0n) is 20.7. The van der Waals surface area contributed by atoms with Crippen molar-refractivity contribution >= 4 is 20.8 Å². The van der Waals surface area contributed by atoms with E-state index < -0.39 is 26.2 Å². The molecule has 3 atom stereocenters. The zero-order chi connectivity index (χ0) is 25.7. The first-order chi connectivity index (χ1) is 16.3. The number of fused-ring (bicyclic) bond motifs is 1. The summed E-state index contributed by atoms with van der Waals surface area (Å²) in [7, 11) is -1.75. The standard InChI is InChI=1S/C24H31F2N2O5PS/c1-23(2,3)15-9-16(24(4,5)6)20-14(19(15)26)12-31-34(33-20)30-11-13-7-8-18(32-13)28-10-17(25)21(29)27-22(28)35/h9-10,13,18H,7-8,11-12H2,1-6H3,(H,27,29,35). The van der Waals surface area contributed by atoms with E-state index in [0.717, 1.165) is 11.8 Å². The van der Waals surface area contributed by atoms with Crippen LogP contribution in [0.25, 0.3) is 0 Å². The van der Waals surface area contributed by atoms with Gasteiger partial charge < -0.3 is 9.26 Å². The summed E-state index contributed by atoms with van der Waals surface area (Å²) in [5.41, 5.74) is 0.443. The number of aromatic amines is 1. The Labute approximate surface area is 209 Å². The fraction of sp³-hybridized carbons (Fsp3) is 0.583. The quantitative estimate of drug-likeness (QED) is 0.370. The fourth-order valence-electron chi connectivity index (χ4n) is 4.15. The molecule has 0 amide bonds. The van der Waals surface area contributed by atoms with Gasteiger partial charge in [-0.1, -0.05) is 41.5 Å². The molecule has 2 aliphatic rings. The lowest BCUT2D eigenvalue weighted by Crippen LogP contribution is -2.24. The van der Waals surface area contributed by atoms with Crippen molar-refractivity contribution in [2.75, 3.05) is 6.61 Å². The minimum absolute atomic E-state index is 0.0554. The summed E-state index contributed by atoms with van der Waals surface area (Å²) in [4.78, 5) is 13.7. The van der Waals surface area contributed by atoms with Crippen molar-refractivity contribution in [2.45, 2.75) is 84.2 Å². The Morgan fingerprint density at radius 3 is 2.51 bits per heavy atom. The summed E-state index contributed by atoms with van der Waals surface area (Å²) >= 11 is 5.13. The van der Waals surface area contributed by atoms with Crippen LogP contribution in [0.5, 0.6) is 5.75 Å². The number of ether oxygens (including phenoxy) is 1. The van der Waals surface area contributed by atoms with Gasteiger partial charge in [0.1, 0.15) is 17.8 Å². The lowest BCUT2D eigenvalue weighted by atomic mass is 9.78. The predicted molar refractivity (Wildman–Crippen MR) is 131 cm³/mol. The number of rotatable bonds is 4. The number of nitrogens with one attached hydrogen (secondary N) is 1. The number of H-pyrrole nitrogens is 1. The summed E-state index contributed by atoms with van der Waals surface area (Å²) in [6, 6.07) is 1.89. The molecule has 192 valence electrons. The summed E-state index contributed by atoms with van der Waals surface area (Å²) in [5, 5.41) is 0. The molecule has 7 nitrogen and oxygen atoms in total. The van der Waals surface area contributed by atoms with Crippen molar-refractivity contribution in [3.05, 3.63) is 55.7 Å². The smallest absolute Gasteiger partial charge is 0.397 e. The number of benzene rings is 1. The summed E-state index contributed by atoms with van der Waals surface area (Å²) in [6.07, 6.45) is 1.46. The van der Waals surface area contributed by atoms with Crippen LogP contribution in [0, 0.1) is 16.4 Å². The van der Waals surface area contributed by atoms with E-state index in [1.807, 2.05) is 26.8 Å². The van der Waals surface area contributed by atoms with Crippen LogP contribution in [-0.2, 0) is 31.2 Å². The molecular weight excluding hydrogens is 497 g/mol. The van der Waals surface area contributed by atoms with Crippen molar-refractivity contribution in [2.24, 2.45) is 0 Å². The van der Waals surface area contributed by atoms with Crippen LogP contribution in [0.2, 0.25) is 0 Å². The van der Waals surface area contributed by atoms with Crippen molar-refractivity contribution < 1.29 is 27.1 Å². The minimum Gasteiger partial charge on any atom is -0.426 e. The summed E-state index contributed by atoms with van der Waals surface area (Å²) in [6.45, 7) is 12.4. The topological polar surface area (TPSA) is 74.7 Å². The van der Waals surface area contributed by atoms with Gasteiger partial charge in [-0.3, -0.25) is 23.4 Å². The Kier molecular flexibility index (Phi) is 7.25. The van der Waals surface area contributed by atoms with Crippen LogP contribution in [-0.4, -0.2) is 22.3 Å². The second-order valence-electron chi connectivity index (χ2n) is 10.9. The molecule has 35 heavy (non-hydrogen) atoms. The summed E-state index contributed by atoms with van der Waals surface area (Å²) in [5.74, 6) is -0.743. The van der Waals surface area contributed by atoms with Gasteiger partial charge in [0.25, 0.3) is 5.56 Å². The monoisotopic (exact) mass is 528 g/mol. The number of hydrogen-bond acceptors (Lipinski definition) is 6. The zero-order valence-corrected chi connectivity index (χ0v) is 22.4. The van der Waals surface area contributed by atoms with Gasteiger partial charge in [-0.15, -0.1) is 0 Å². The summed E-state index contributed by atoms with van der Waals surface area (Å²) < 4.78 is 54.3. The molecule has 3 unspecified atom stereocenters. The SMILES string of the molecule is CC(C)(C)c1cc(C(C)(C)C)c2c(c1F)COP(OCC1CCC(n3cc(F)c(=O)[nH]c3=S)O1)O2. The molecule has 0 spiro atoms. The van der Waals surface area contributed by atoms with Crippen molar-refractivity contribution in [1.82, 2.24) is 9.55 Å². The van der Waals surface area contributed by atoms with E-state index in [0.29, 0.717) is 29.7 Å². The fourth-order valence-corrected chi connectivity index (χ4v) is 5.47. The second kappa shape index (κ2) is 9.63. The second-order valence-corrected chi connectivity index (χ2v) is 12.4. The molecule has 11 heteroatoms. The highest BCUT2D eigenvalue weighted by atomic mass is 32.1.